The number of ether oxygens (including phenoxy) is 2. The fourth-order valence-corrected chi connectivity index (χ4v) is 5.51. The lowest BCUT2D eigenvalue weighted by atomic mass is 9.98. The Hall–Kier alpha value is -4.22. The van der Waals surface area contributed by atoms with E-state index in [0.717, 1.165) is 18.4 Å². The van der Waals surface area contributed by atoms with Crippen LogP contribution >= 0.6 is 11.6 Å². The number of nitrogens with one attached hydrogen (secondary N) is 2. The molecule has 0 aliphatic carbocycles. The van der Waals surface area contributed by atoms with Crippen LogP contribution < -0.4 is 15.4 Å². The van der Waals surface area contributed by atoms with E-state index in [1.807, 2.05) is 25.1 Å². The quantitative estimate of drug-likeness (QED) is 0.314. The van der Waals surface area contributed by atoms with Crippen molar-refractivity contribution in [1.82, 2.24) is 20.2 Å². The van der Waals surface area contributed by atoms with Crippen LogP contribution in [0, 0.1) is 0 Å². The lowest BCUT2D eigenvalue weighted by molar-refractivity contribution is -0.138. The van der Waals surface area contributed by atoms with Gasteiger partial charge in [-0.25, -0.2) is 9.97 Å². The molecule has 12 heteroatoms. The third kappa shape index (κ3) is 6.47. The molecule has 0 spiro atoms. The van der Waals surface area contributed by atoms with Crippen LogP contribution in [-0.4, -0.2) is 70.7 Å². The van der Waals surface area contributed by atoms with Gasteiger partial charge >= 0.3 is 5.97 Å². The van der Waals surface area contributed by atoms with Crippen LogP contribution in [0.25, 0.3) is 11.3 Å². The largest absolute Gasteiger partial charge is 0.497 e. The van der Waals surface area contributed by atoms with Crippen molar-refractivity contribution >= 4 is 35.3 Å². The predicted octanol–water partition coefficient (Wildman–Crippen LogP) is 4.25. The number of amides is 2. The molecule has 1 saturated heterocycles. The summed E-state index contributed by atoms with van der Waals surface area (Å²) in [5, 5.41) is 16.1. The highest BCUT2D eigenvalue weighted by Crippen LogP contribution is 2.39. The zero-order chi connectivity index (χ0) is 29.8. The van der Waals surface area contributed by atoms with Gasteiger partial charge in [-0.1, -0.05) is 35.9 Å². The maximum Gasteiger partial charge on any atom is 0.305 e. The highest BCUT2D eigenvalue weighted by atomic mass is 35.5. The Morgan fingerprint density at radius 3 is 2.74 bits per heavy atom. The lowest BCUT2D eigenvalue weighted by Gasteiger charge is -2.25. The van der Waals surface area contributed by atoms with Crippen LogP contribution in [0.15, 0.2) is 48.7 Å². The van der Waals surface area contributed by atoms with Crippen molar-refractivity contribution in [3.63, 3.8) is 0 Å². The molecule has 5 rings (SSSR count). The Labute approximate surface area is 248 Å². The minimum absolute atomic E-state index is 0.178. The number of carbonyl (C=O) groups is 3. The highest BCUT2D eigenvalue weighted by Gasteiger charge is 2.39. The van der Waals surface area contributed by atoms with Crippen molar-refractivity contribution < 1.29 is 29.0 Å². The van der Waals surface area contributed by atoms with Gasteiger partial charge in [0.15, 0.2) is 0 Å². The molecule has 3 aromatic rings. The Kier molecular flexibility index (Phi) is 8.89. The molecule has 3 N–H and O–H groups in total. The first-order chi connectivity index (χ1) is 20.2. The molecule has 42 heavy (non-hydrogen) atoms. The smallest absolute Gasteiger partial charge is 0.305 e. The number of halogens is 1. The van der Waals surface area contributed by atoms with Crippen LogP contribution in [0.2, 0.25) is 5.02 Å². The molecule has 2 atom stereocenters. The summed E-state index contributed by atoms with van der Waals surface area (Å²) in [5.41, 5.74) is 2.69. The summed E-state index contributed by atoms with van der Waals surface area (Å²) in [7, 11) is 1.56. The van der Waals surface area contributed by atoms with Crippen molar-refractivity contribution in [3.8, 4) is 17.0 Å². The number of nitrogens with zero attached hydrogens (tertiary/aromatic N) is 3. The van der Waals surface area contributed by atoms with E-state index in [-0.39, 0.29) is 25.0 Å². The zero-order valence-electron chi connectivity index (χ0n) is 23.3. The van der Waals surface area contributed by atoms with Crippen LogP contribution in [-0.2, 0) is 14.3 Å². The van der Waals surface area contributed by atoms with Crippen molar-refractivity contribution in [2.75, 3.05) is 32.2 Å². The molecule has 0 radical (unpaired) electrons. The van der Waals surface area contributed by atoms with Crippen LogP contribution in [0.5, 0.6) is 5.75 Å². The molecule has 0 bridgehead atoms. The maximum absolute atomic E-state index is 13.6. The van der Waals surface area contributed by atoms with E-state index in [2.05, 4.69) is 20.6 Å². The van der Waals surface area contributed by atoms with Crippen molar-refractivity contribution in [3.05, 3.63) is 70.4 Å². The number of carboxylic acid groups (broad SMARTS) is 1. The van der Waals surface area contributed by atoms with Gasteiger partial charge in [0.1, 0.15) is 12.3 Å². The topological polar surface area (TPSA) is 143 Å². The second kappa shape index (κ2) is 12.7. The molecular weight excluding hydrogens is 562 g/mol. The van der Waals surface area contributed by atoms with Crippen LogP contribution in [0.4, 0.5) is 5.95 Å². The van der Waals surface area contributed by atoms with E-state index in [4.69, 9.17) is 21.1 Å². The Morgan fingerprint density at radius 2 is 2.00 bits per heavy atom. The summed E-state index contributed by atoms with van der Waals surface area (Å²) in [6.45, 7) is 2.85. The summed E-state index contributed by atoms with van der Waals surface area (Å²) < 4.78 is 10.7. The van der Waals surface area contributed by atoms with Gasteiger partial charge in [-0.3, -0.25) is 14.4 Å². The minimum atomic E-state index is -1.08. The van der Waals surface area contributed by atoms with Gasteiger partial charge in [-0.05, 0) is 49.1 Å². The molecule has 2 amide bonds. The van der Waals surface area contributed by atoms with Crippen molar-refractivity contribution in [1.29, 1.82) is 0 Å². The minimum Gasteiger partial charge on any atom is -0.497 e. The summed E-state index contributed by atoms with van der Waals surface area (Å²) >= 11 is 6.47. The fraction of sp³-hybridized carbons (Fsp3) is 0.367. The average Bonchev–Trinajstić information content (AvgIpc) is 3.23. The van der Waals surface area contributed by atoms with Crippen molar-refractivity contribution in [2.24, 2.45) is 0 Å². The molecule has 2 aliphatic heterocycles. The first-order valence-corrected chi connectivity index (χ1v) is 14.1. The molecule has 1 aromatic heterocycles. The number of hydrogen-bond acceptors (Lipinski definition) is 8. The first-order valence-electron chi connectivity index (χ1n) is 13.7. The second-order valence-corrected chi connectivity index (χ2v) is 10.7. The standard InChI is InChI=1S/C30H32ClN5O6/c1-17(18-4-3-5-21(12-18)41-2)33-26(37)16-36-25(14-27(38)39)22-7-6-19(13-23(22)29(36)40)28-24(31)15-32-30(35-28)34-20-8-10-42-11-9-20/h3-7,12-13,15,17,20,25H,8-11,14,16H2,1-2H3,(H,33,37)(H,38,39)(H,32,34,35)/t17-,25?/m1/s1. The molecule has 220 valence electrons. The monoisotopic (exact) mass is 593 g/mol. The van der Waals surface area contributed by atoms with Gasteiger partial charge in [0.2, 0.25) is 11.9 Å². The van der Waals surface area contributed by atoms with Gasteiger partial charge in [0, 0.05) is 30.4 Å². The van der Waals surface area contributed by atoms with Crippen molar-refractivity contribution in [2.45, 2.75) is 44.3 Å². The van der Waals surface area contributed by atoms with Crippen LogP contribution in [0.3, 0.4) is 0 Å². The number of carbonyl (C=O) groups excluding carboxylic acids is 2. The molecule has 2 aliphatic rings. The number of carboxylic acids is 1. The summed E-state index contributed by atoms with van der Waals surface area (Å²) in [4.78, 5) is 48.6. The van der Waals surface area contributed by atoms with E-state index in [0.29, 0.717) is 52.3 Å². The number of rotatable bonds is 10. The number of anilines is 1. The Balaban J connectivity index is 1.36. The average molecular weight is 594 g/mol. The zero-order valence-corrected chi connectivity index (χ0v) is 24.1. The fourth-order valence-electron chi connectivity index (χ4n) is 5.31. The second-order valence-electron chi connectivity index (χ2n) is 10.3. The molecule has 3 heterocycles. The molecule has 1 unspecified atom stereocenters. The third-order valence-corrected chi connectivity index (χ3v) is 7.78. The van der Waals surface area contributed by atoms with Gasteiger partial charge < -0.3 is 30.1 Å². The van der Waals surface area contributed by atoms with E-state index >= 15 is 0 Å². The van der Waals surface area contributed by atoms with Gasteiger partial charge in [0.25, 0.3) is 5.91 Å². The van der Waals surface area contributed by atoms with Gasteiger partial charge in [-0.2, -0.15) is 0 Å². The summed E-state index contributed by atoms with van der Waals surface area (Å²) in [6.07, 6.45) is 2.83. The summed E-state index contributed by atoms with van der Waals surface area (Å²) in [5.74, 6) is -0.855. The summed E-state index contributed by atoms with van der Waals surface area (Å²) in [6, 6.07) is 11.4. The molecule has 1 fully saturated rings. The molecular formula is C30H32ClN5O6. The molecule has 0 saturated carbocycles. The molecule has 11 nitrogen and oxygen atoms in total. The SMILES string of the molecule is COc1cccc([C@@H](C)NC(=O)CN2C(=O)c3cc(-c4nc(NC5CCOCC5)ncc4Cl)ccc3C2CC(=O)O)c1. The normalized spacial score (nSPS) is 17.5. The number of hydrogen-bond donors (Lipinski definition) is 3. The third-order valence-electron chi connectivity index (χ3n) is 7.51. The number of aliphatic carboxylic acids is 1. The molecule has 2 aromatic carbocycles. The predicted molar refractivity (Wildman–Crippen MR) is 156 cm³/mol. The number of benzene rings is 2. The number of aromatic nitrogens is 2. The van der Waals surface area contributed by atoms with E-state index in [9.17, 15) is 19.5 Å². The maximum atomic E-state index is 13.6. The van der Waals surface area contributed by atoms with Gasteiger partial charge in [-0.15, -0.1) is 0 Å². The van der Waals surface area contributed by atoms with E-state index < -0.39 is 23.8 Å². The lowest BCUT2D eigenvalue weighted by Crippen LogP contribution is -2.40. The van der Waals surface area contributed by atoms with E-state index in [1.165, 1.54) is 11.1 Å². The van der Waals surface area contributed by atoms with Crippen LogP contribution in [0.1, 0.15) is 59.8 Å². The highest BCUT2D eigenvalue weighted by molar-refractivity contribution is 6.33. The number of fused-ring (bicyclic) bond motifs is 1. The first kappa shape index (κ1) is 29.3. The Morgan fingerprint density at radius 1 is 1.21 bits per heavy atom. The number of methoxy groups -OCH3 is 1. The Bertz CT molecular complexity index is 1490. The van der Waals surface area contributed by atoms with Gasteiger partial charge in [0.05, 0.1) is 42.5 Å². The van der Waals surface area contributed by atoms with E-state index in [1.54, 1.807) is 31.4 Å².